The summed E-state index contributed by atoms with van der Waals surface area (Å²) in [4.78, 5) is 24.7. The number of halogens is 1. The Morgan fingerprint density at radius 1 is 1.26 bits per heavy atom. The molecule has 23 heavy (non-hydrogen) atoms. The van der Waals surface area contributed by atoms with Crippen LogP contribution in [0.4, 0.5) is 0 Å². The first-order chi connectivity index (χ1) is 11.1. The van der Waals surface area contributed by atoms with Crippen LogP contribution in [-0.2, 0) is 7.05 Å². The summed E-state index contributed by atoms with van der Waals surface area (Å²) in [6, 6.07) is 6.87. The number of benzene rings is 1. The standard InChI is InChI=1S/C16H14ClN5O/c1-22-8-7-20-15(22)14(11-3-2-4-12(17)9-11)21-16(23)13-10-18-5-6-19-13/h2-10,14H,1H3,(H,21,23). The maximum Gasteiger partial charge on any atom is 0.272 e. The van der Waals surface area contributed by atoms with Crippen molar-refractivity contribution in [3.63, 3.8) is 0 Å². The molecule has 0 radical (unpaired) electrons. The van der Waals surface area contributed by atoms with Crippen molar-refractivity contribution in [2.75, 3.05) is 0 Å². The van der Waals surface area contributed by atoms with E-state index in [1.807, 2.05) is 29.9 Å². The predicted octanol–water partition coefficient (Wildman–Crippen LogP) is 2.38. The number of nitrogens with one attached hydrogen (secondary N) is 1. The Balaban J connectivity index is 1.96. The van der Waals surface area contributed by atoms with Crippen LogP contribution in [0.25, 0.3) is 0 Å². The third kappa shape index (κ3) is 3.37. The lowest BCUT2D eigenvalue weighted by Crippen LogP contribution is -2.31. The van der Waals surface area contributed by atoms with Gasteiger partial charge < -0.3 is 9.88 Å². The maximum atomic E-state index is 12.4. The van der Waals surface area contributed by atoms with Gasteiger partial charge in [-0.25, -0.2) is 9.97 Å². The van der Waals surface area contributed by atoms with E-state index in [0.29, 0.717) is 10.8 Å². The molecule has 0 saturated heterocycles. The largest absolute Gasteiger partial charge is 0.337 e. The van der Waals surface area contributed by atoms with Gasteiger partial charge in [-0.15, -0.1) is 0 Å². The number of hydrogen-bond donors (Lipinski definition) is 1. The zero-order valence-corrected chi connectivity index (χ0v) is 13.1. The highest BCUT2D eigenvalue weighted by Gasteiger charge is 2.22. The van der Waals surface area contributed by atoms with E-state index in [2.05, 4.69) is 20.3 Å². The topological polar surface area (TPSA) is 72.7 Å². The number of aromatic nitrogens is 4. The highest BCUT2D eigenvalue weighted by molar-refractivity contribution is 6.30. The molecule has 7 heteroatoms. The van der Waals surface area contributed by atoms with E-state index in [1.165, 1.54) is 18.6 Å². The Hall–Kier alpha value is -2.73. The van der Waals surface area contributed by atoms with Crippen LogP contribution in [-0.4, -0.2) is 25.4 Å². The highest BCUT2D eigenvalue weighted by Crippen LogP contribution is 2.23. The molecule has 1 amide bonds. The third-order valence-corrected chi connectivity index (χ3v) is 3.60. The summed E-state index contributed by atoms with van der Waals surface area (Å²) in [5.74, 6) is 0.371. The summed E-state index contributed by atoms with van der Waals surface area (Å²) in [5.41, 5.74) is 1.08. The molecule has 0 saturated carbocycles. The van der Waals surface area contributed by atoms with Gasteiger partial charge in [0.15, 0.2) is 0 Å². The van der Waals surface area contributed by atoms with E-state index in [1.54, 1.807) is 18.3 Å². The fraction of sp³-hybridized carbons (Fsp3) is 0.125. The smallest absolute Gasteiger partial charge is 0.272 e. The number of carbonyl (C=O) groups excluding carboxylic acids is 1. The molecular formula is C16H14ClN5O. The average Bonchev–Trinajstić information content (AvgIpc) is 2.99. The lowest BCUT2D eigenvalue weighted by atomic mass is 10.1. The quantitative estimate of drug-likeness (QED) is 0.798. The van der Waals surface area contributed by atoms with Gasteiger partial charge in [-0.2, -0.15) is 0 Å². The number of amides is 1. The van der Waals surface area contributed by atoms with Crippen LogP contribution < -0.4 is 5.32 Å². The van der Waals surface area contributed by atoms with Crippen LogP contribution in [0.2, 0.25) is 5.02 Å². The third-order valence-electron chi connectivity index (χ3n) is 3.37. The zero-order valence-electron chi connectivity index (χ0n) is 12.3. The van der Waals surface area contributed by atoms with Gasteiger partial charge in [0, 0.05) is 36.9 Å². The van der Waals surface area contributed by atoms with Gasteiger partial charge in [0.2, 0.25) is 0 Å². The van der Waals surface area contributed by atoms with Crippen LogP contribution in [0.15, 0.2) is 55.2 Å². The molecule has 1 aromatic carbocycles. The lowest BCUT2D eigenvalue weighted by molar-refractivity contribution is 0.0935. The zero-order chi connectivity index (χ0) is 16.2. The van der Waals surface area contributed by atoms with Crippen LogP contribution in [0, 0.1) is 0 Å². The number of imidazole rings is 1. The van der Waals surface area contributed by atoms with Crippen molar-refractivity contribution in [3.05, 3.63) is 77.4 Å². The van der Waals surface area contributed by atoms with Gasteiger partial charge in [0.05, 0.1) is 6.20 Å². The van der Waals surface area contributed by atoms with E-state index in [9.17, 15) is 4.79 Å². The molecule has 0 spiro atoms. The van der Waals surface area contributed by atoms with Gasteiger partial charge in [0.25, 0.3) is 5.91 Å². The van der Waals surface area contributed by atoms with Crippen molar-refractivity contribution >= 4 is 17.5 Å². The minimum absolute atomic E-state index is 0.244. The van der Waals surface area contributed by atoms with E-state index in [-0.39, 0.29) is 11.6 Å². The molecule has 1 unspecified atom stereocenters. The van der Waals surface area contributed by atoms with E-state index >= 15 is 0 Å². The molecule has 0 aliphatic carbocycles. The molecule has 3 aromatic rings. The van der Waals surface area contributed by atoms with Gasteiger partial charge >= 0.3 is 0 Å². The lowest BCUT2D eigenvalue weighted by Gasteiger charge is -2.19. The molecular weight excluding hydrogens is 314 g/mol. The van der Waals surface area contributed by atoms with E-state index in [0.717, 1.165) is 5.56 Å². The van der Waals surface area contributed by atoms with Crippen molar-refractivity contribution in [1.29, 1.82) is 0 Å². The first-order valence-electron chi connectivity index (χ1n) is 6.94. The summed E-state index contributed by atoms with van der Waals surface area (Å²) < 4.78 is 1.85. The van der Waals surface area contributed by atoms with Crippen molar-refractivity contribution in [1.82, 2.24) is 24.8 Å². The normalized spacial score (nSPS) is 11.9. The van der Waals surface area contributed by atoms with Crippen LogP contribution in [0.5, 0.6) is 0 Å². The Morgan fingerprint density at radius 2 is 2.13 bits per heavy atom. The maximum absolute atomic E-state index is 12.4. The van der Waals surface area contributed by atoms with Crippen LogP contribution in [0.1, 0.15) is 27.9 Å². The Kier molecular flexibility index (Phi) is 4.34. The summed E-state index contributed by atoms with van der Waals surface area (Å²) in [7, 11) is 1.87. The Bertz CT molecular complexity index is 818. The predicted molar refractivity (Wildman–Crippen MR) is 86.0 cm³/mol. The van der Waals surface area contributed by atoms with E-state index < -0.39 is 6.04 Å². The molecule has 3 rings (SSSR count). The number of rotatable bonds is 4. The Morgan fingerprint density at radius 3 is 2.78 bits per heavy atom. The fourth-order valence-electron chi connectivity index (χ4n) is 2.26. The average molecular weight is 328 g/mol. The molecule has 2 heterocycles. The molecule has 0 fully saturated rings. The van der Waals surface area contributed by atoms with Gasteiger partial charge in [-0.3, -0.25) is 9.78 Å². The fourth-order valence-corrected chi connectivity index (χ4v) is 2.46. The second-order valence-corrected chi connectivity index (χ2v) is 5.38. The number of hydrogen-bond acceptors (Lipinski definition) is 4. The molecule has 116 valence electrons. The van der Waals surface area contributed by atoms with Crippen molar-refractivity contribution in [2.45, 2.75) is 6.04 Å². The van der Waals surface area contributed by atoms with Crippen molar-refractivity contribution in [2.24, 2.45) is 7.05 Å². The number of nitrogens with zero attached hydrogens (tertiary/aromatic N) is 4. The molecule has 0 bridgehead atoms. The molecule has 1 atom stereocenters. The minimum atomic E-state index is -0.441. The van der Waals surface area contributed by atoms with Crippen molar-refractivity contribution in [3.8, 4) is 0 Å². The summed E-state index contributed by atoms with van der Waals surface area (Å²) in [6.45, 7) is 0. The number of aryl methyl sites for hydroxylation is 1. The number of carbonyl (C=O) groups is 1. The molecule has 1 N–H and O–H groups in total. The highest BCUT2D eigenvalue weighted by atomic mass is 35.5. The second kappa shape index (κ2) is 6.58. The molecule has 0 aliphatic rings. The van der Waals surface area contributed by atoms with Crippen LogP contribution in [0.3, 0.4) is 0 Å². The summed E-state index contributed by atoms with van der Waals surface area (Å²) in [6.07, 6.45) is 7.92. The van der Waals surface area contributed by atoms with Gasteiger partial charge in [-0.05, 0) is 17.7 Å². The molecule has 0 aliphatic heterocycles. The van der Waals surface area contributed by atoms with Crippen LogP contribution >= 0.6 is 11.6 Å². The first kappa shape index (κ1) is 15.2. The molecule has 2 aromatic heterocycles. The van der Waals surface area contributed by atoms with E-state index in [4.69, 9.17) is 11.6 Å². The van der Waals surface area contributed by atoms with Crippen molar-refractivity contribution < 1.29 is 4.79 Å². The van der Waals surface area contributed by atoms with Gasteiger partial charge in [-0.1, -0.05) is 23.7 Å². The summed E-state index contributed by atoms with van der Waals surface area (Å²) in [5, 5.41) is 3.53. The monoisotopic (exact) mass is 327 g/mol. The Labute approximate surface area is 138 Å². The summed E-state index contributed by atoms with van der Waals surface area (Å²) >= 11 is 6.08. The SMILES string of the molecule is Cn1ccnc1C(NC(=O)c1cnccn1)c1cccc(Cl)c1. The first-order valence-corrected chi connectivity index (χ1v) is 7.32. The minimum Gasteiger partial charge on any atom is -0.337 e. The van der Waals surface area contributed by atoms with Gasteiger partial charge in [0.1, 0.15) is 17.6 Å². The second-order valence-electron chi connectivity index (χ2n) is 4.95. The molecule has 6 nitrogen and oxygen atoms in total.